The molecule has 0 bridgehead atoms. The summed E-state index contributed by atoms with van der Waals surface area (Å²) in [5.74, 6) is -1.60. The summed E-state index contributed by atoms with van der Waals surface area (Å²) >= 11 is 5.89. The number of benzene rings is 1. The molecule has 0 spiro atoms. The minimum Gasteiger partial charge on any atom is -0.392 e. The van der Waals surface area contributed by atoms with Crippen LogP contribution in [0, 0.1) is 0 Å². The summed E-state index contributed by atoms with van der Waals surface area (Å²) in [7, 11) is 0. The Kier molecular flexibility index (Phi) is 4.03. The molecule has 0 unspecified atom stereocenters. The lowest BCUT2D eigenvalue weighted by molar-refractivity contribution is -0.135. The van der Waals surface area contributed by atoms with Crippen molar-refractivity contribution in [3.63, 3.8) is 0 Å². The summed E-state index contributed by atoms with van der Waals surface area (Å²) < 4.78 is 0.932. The van der Waals surface area contributed by atoms with Gasteiger partial charge >= 0.3 is 11.8 Å². The summed E-state index contributed by atoms with van der Waals surface area (Å²) in [6, 6.07) is 7.44. The first-order valence-electron chi connectivity index (χ1n) is 5.29. The number of hydrogen-bond donors (Lipinski definition) is 3. The number of thiazole rings is 1. The standard InChI is InChI=1S/C11H10N4O2S2/c12-8(18)5-13-9(16)10(17)15-11-14-6-3-1-2-4-7(6)19-11/h1-4H,5H2,(H2,12,18)(H,13,16)(H,14,15,17). The molecule has 2 aromatic rings. The van der Waals surface area contributed by atoms with Gasteiger partial charge in [-0.05, 0) is 12.1 Å². The minimum absolute atomic E-state index is 0.0125. The van der Waals surface area contributed by atoms with Gasteiger partial charge in [0, 0.05) is 0 Å². The molecule has 1 aromatic carbocycles. The predicted molar refractivity (Wildman–Crippen MR) is 78.0 cm³/mol. The molecular weight excluding hydrogens is 284 g/mol. The molecular formula is C11H10N4O2S2. The van der Waals surface area contributed by atoms with Crippen LogP contribution >= 0.6 is 23.6 Å². The van der Waals surface area contributed by atoms with Gasteiger partial charge in [-0.25, -0.2) is 4.98 Å². The number of carbonyl (C=O) groups is 2. The van der Waals surface area contributed by atoms with E-state index in [0.29, 0.717) is 5.13 Å². The Bertz CT molecular complexity index is 620. The summed E-state index contributed by atoms with van der Waals surface area (Å²) in [6.45, 7) is -0.0125. The zero-order valence-corrected chi connectivity index (χ0v) is 11.3. The van der Waals surface area contributed by atoms with Crippen LogP contribution in [0.5, 0.6) is 0 Å². The van der Waals surface area contributed by atoms with Gasteiger partial charge in [-0.1, -0.05) is 35.7 Å². The third-order valence-electron chi connectivity index (χ3n) is 2.14. The molecule has 6 nitrogen and oxygen atoms in total. The zero-order valence-electron chi connectivity index (χ0n) is 9.67. The van der Waals surface area contributed by atoms with E-state index in [2.05, 4.69) is 27.8 Å². The zero-order chi connectivity index (χ0) is 13.8. The first-order chi connectivity index (χ1) is 9.06. The molecule has 0 saturated heterocycles. The van der Waals surface area contributed by atoms with E-state index in [1.807, 2.05) is 24.3 Å². The number of aromatic nitrogens is 1. The number of fused-ring (bicyclic) bond motifs is 1. The van der Waals surface area contributed by atoms with Crippen molar-refractivity contribution in [2.24, 2.45) is 5.73 Å². The van der Waals surface area contributed by atoms with Crippen LogP contribution in [0.2, 0.25) is 0 Å². The van der Waals surface area contributed by atoms with Crippen molar-refractivity contribution in [1.29, 1.82) is 0 Å². The van der Waals surface area contributed by atoms with Crippen molar-refractivity contribution in [3.8, 4) is 0 Å². The number of amides is 2. The normalized spacial score (nSPS) is 10.1. The molecule has 1 aromatic heterocycles. The van der Waals surface area contributed by atoms with E-state index in [9.17, 15) is 9.59 Å². The first-order valence-corrected chi connectivity index (χ1v) is 6.52. The van der Waals surface area contributed by atoms with E-state index in [4.69, 9.17) is 5.73 Å². The smallest absolute Gasteiger partial charge is 0.315 e. The maximum Gasteiger partial charge on any atom is 0.315 e. The lowest BCUT2D eigenvalue weighted by Gasteiger charge is -2.02. The van der Waals surface area contributed by atoms with E-state index in [1.165, 1.54) is 11.3 Å². The molecule has 0 fully saturated rings. The van der Waals surface area contributed by atoms with Gasteiger partial charge in [-0.15, -0.1) is 0 Å². The molecule has 8 heteroatoms. The highest BCUT2D eigenvalue weighted by molar-refractivity contribution is 7.80. The van der Waals surface area contributed by atoms with Gasteiger partial charge in [0.2, 0.25) is 0 Å². The molecule has 19 heavy (non-hydrogen) atoms. The molecule has 0 aliphatic heterocycles. The maximum absolute atomic E-state index is 11.6. The Morgan fingerprint density at radius 2 is 2.05 bits per heavy atom. The minimum atomic E-state index is -0.799. The summed E-state index contributed by atoms with van der Waals surface area (Å²) in [5.41, 5.74) is 5.99. The topological polar surface area (TPSA) is 97.1 Å². The van der Waals surface area contributed by atoms with E-state index >= 15 is 0 Å². The van der Waals surface area contributed by atoms with Crippen molar-refractivity contribution < 1.29 is 9.59 Å². The van der Waals surface area contributed by atoms with Gasteiger partial charge in [0.25, 0.3) is 0 Å². The Morgan fingerprint density at radius 1 is 1.32 bits per heavy atom. The lowest BCUT2D eigenvalue weighted by atomic mass is 10.3. The van der Waals surface area contributed by atoms with Crippen LogP contribution in [0.1, 0.15) is 0 Å². The molecule has 0 saturated carbocycles. The number of nitrogens with one attached hydrogen (secondary N) is 2. The molecule has 4 N–H and O–H groups in total. The summed E-state index contributed by atoms with van der Waals surface area (Å²) in [5, 5.41) is 5.09. The monoisotopic (exact) mass is 294 g/mol. The number of thiocarbonyl (C=S) groups is 1. The average molecular weight is 294 g/mol. The fourth-order valence-electron chi connectivity index (χ4n) is 1.33. The van der Waals surface area contributed by atoms with Gasteiger partial charge in [0.15, 0.2) is 5.13 Å². The van der Waals surface area contributed by atoms with Crippen molar-refractivity contribution in [3.05, 3.63) is 24.3 Å². The number of anilines is 1. The van der Waals surface area contributed by atoms with Crippen LogP contribution in [-0.4, -0.2) is 28.3 Å². The second-order valence-electron chi connectivity index (χ2n) is 3.59. The van der Waals surface area contributed by atoms with Crippen LogP contribution in [0.15, 0.2) is 24.3 Å². The molecule has 0 radical (unpaired) electrons. The molecule has 0 aliphatic carbocycles. The maximum atomic E-state index is 11.6. The highest BCUT2D eigenvalue weighted by atomic mass is 32.1. The predicted octanol–water partition coefficient (Wildman–Crippen LogP) is 0.637. The number of hydrogen-bond acceptors (Lipinski definition) is 5. The van der Waals surface area contributed by atoms with Crippen molar-refractivity contribution in [2.75, 3.05) is 11.9 Å². The van der Waals surface area contributed by atoms with Gasteiger partial charge in [0.05, 0.1) is 21.7 Å². The lowest BCUT2D eigenvalue weighted by Crippen LogP contribution is -2.39. The molecule has 98 valence electrons. The van der Waals surface area contributed by atoms with E-state index in [1.54, 1.807) is 0 Å². The van der Waals surface area contributed by atoms with Gasteiger partial charge in [-0.3, -0.25) is 14.9 Å². The van der Waals surface area contributed by atoms with E-state index < -0.39 is 11.8 Å². The molecule has 1 heterocycles. The van der Waals surface area contributed by atoms with Crippen LogP contribution in [-0.2, 0) is 9.59 Å². The van der Waals surface area contributed by atoms with Crippen molar-refractivity contribution in [1.82, 2.24) is 10.3 Å². The van der Waals surface area contributed by atoms with E-state index in [0.717, 1.165) is 10.2 Å². The van der Waals surface area contributed by atoms with E-state index in [-0.39, 0.29) is 11.5 Å². The van der Waals surface area contributed by atoms with Crippen LogP contribution in [0.25, 0.3) is 10.2 Å². The van der Waals surface area contributed by atoms with Gasteiger partial charge in [-0.2, -0.15) is 0 Å². The largest absolute Gasteiger partial charge is 0.392 e. The average Bonchev–Trinajstić information content (AvgIpc) is 2.77. The third kappa shape index (κ3) is 3.46. The number of para-hydroxylation sites is 1. The summed E-state index contributed by atoms with van der Waals surface area (Å²) in [6.07, 6.45) is 0. The Morgan fingerprint density at radius 3 is 2.74 bits per heavy atom. The first kappa shape index (κ1) is 13.4. The molecule has 0 atom stereocenters. The Labute approximate surface area is 118 Å². The second kappa shape index (κ2) is 5.72. The third-order valence-corrected chi connectivity index (χ3v) is 3.24. The van der Waals surface area contributed by atoms with Gasteiger partial charge in [0.1, 0.15) is 0 Å². The Hall–Kier alpha value is -2.06. The number of rotatable bonds is 3. The van der Waals surface area contributed by atoms with Crippen LogP contribution in [0.4, 0.5) is 5.13 Å². The molecule has 2 amide bonds. The van der Waals surface area contributed by atoms with Crippen molar-refractivity contribution >= 4 is 55.7 Å². The molecule has 2 rings (SSSR count). The van der Waals surface area contributed by atoms with Crippen LogP contribution < -0.4 is 16.4 Å². The Balaban J connectivity index is 2.02. The number of nitrogens with two attached hydrogens (primary N) is 1. The quantitative estimate of drug-likeness (QED) is 0.570. The second-order valence-corrected chi connectivity index (χ2v) is 5.14. The summed E-state index contributed by atoms with van der Waals surface area (Å²) in [4.78, 5) is 27.3. The fourth-order valence-corrected chi connectivity index (χ4v) is 2.26. The molecule has 0 aliphatic rings. The number of nitrogens with zero attached hydrogens (tertiary/aromatic N) is 1. The fraction of sp³-hybridized carbons (Fsp3) is 0.0909. The van der Waals surface area contributed by atoms with Crippen molar-refractivity contribution in [2.45, 2.75) is 0 Å². The SMILES string of the molecule is NC(=S)CNC(=O)C(=O)Nc1nc2ccccc2s1. The highest BCUT2D eigenvalue weighted by Gasteiger charge is 2.15. The highest BCUT2D eigenvalue weighted by Crippen LogP contribution is 2.25. The van der Waals surface area contributed by atoms with Gasteiger partial charge < -0.3 is 11.1 Å². The number of carbonyl (C=O) groups excluding carboxylic acids is 2. The van der Waals surface area contributed by atoms with Crippen LogP contribution in [0.3, 0.4) is 0 Å².